The van der Waals surface area contributed by atoms with Crippen molar-refractivity contribution in [1.29, 1.82) is 0 Å². The van der Waals surface area contributed by atoms with Crippen molar-refractivity contribution >= 4 is 17.7 Å². The van der Waals surface area contributed by atoms with E-state index in [0.29, 0.717) is 0 Å². The lowest BCUT2D eigenvalue weighted by Crippen LogP contribution is -2.48. The molecule has 1 unspecified atom stereocenters. The maximum atomic E-state index is 11.6. The lowest BCUT2D eigenvalue weighted by molar-refractivity contribution is -0.175. The molecule has 0 aliphatic carbocycles. The van der Waals surface area contributed by atoms with Crippen molar-refractivity contribution in [2.45, 2.75) is 58.5 Å². The summed E-state index contributed by atoms with van der Waals surface area (Å²) in [5.74, 6) is -2.73. The molecule has 0 rings (SSSR count). The molecule has 6 nitrogen and oxygen atoms in total. The minimum absolute atomic E-state index is 0.0144. The molecule has 116 valence electrons. The average molecular weight is 288 g/mol. The molecule has 1 N–H and O–H groups in total. The standard InChI is InChI=1S/C14H24O6/c1-4-6-7-8-9-20-12(16)10-14(18,11(3)15)13(17)19-5-2/h18H,4-10H2,1-3H3. The van der Waals surface area contributed by atoms with Crippen LogP contribution in [0.15, 0.2) is 0 Å². The number of carbonyl (C=O) groups excluding carboxylic acids is 3. The second-order valence-electron chi connectivity index (χ2n) is 4.59. The first-order valence-electron chi connectivity index (χ1n) is 6.94. The maximum Gasteiger partial charge on any atom is 0.346 e. The summed E-state index contributed by atoms with van der Waals surface area (Å²) in [5.41, 5.74) is -2.45. The Hall–Kier alpha value is -1.43. The van der Waals surface area contributed by atoms with Crippen LogP contribution in [0.4, 0.5) is 0 Å². The summed E-state index contributed by atoms with van der Waals surface area (Å²) in [6, 6.07) is 0. The second-order valence-corrected chi connectivity index (χ2v) is 4.59. The molecule has 0 spiro atoms. The minimum Gasteiger partial charge on any atom is -0.466 e. The fourth-order valence-corrected chi connectivity index (χ4v) is 1.57. The fraction of sp³-hybridized carbons (Fsp3) is 0.786. The molecule has 0 aromatic carbocycles. The Morgan fingerprint density at radius 3 is 2.20 bits per heavy atom. The third-order valence-electron chi connectivity index (χ3n) is 2.86. The molecule has 0 fully saturated rings. The smallest absolute Gasteiger partial charge is 0.346 e. The van der Waals surface area contributed by atoms with Crippen molar-refractivity contribution < 1.29 is 29.0 Å². The molecule has 0 aliphatic heterocycles. The number of carbonyl (C=O) groups is 3. The van der Waals surface area contributed by atoms with E-state index in [1.165, 1.54) is 0 Å². The van der Waals surface area contributed by atoms with Gasteiger partial charge in [0, 0.05) is 0 Å². The van der Waals surface area contributed by atoms with E-state index in [-0.39, 0.29) is 13.2 Å². The molecule has 0 bridgehead atoms. The van der Waals surface area contributed by atoms with Crippen LogP contribution in [0.2, 0.25) is 0 Å². The molecule has 0 aliphatic rings. The van der Waals surface area contributed by atoms with Gasteiger partial charge < -0.3 is 14.6 Å². The first-order valence-corrected chi connectivity index (χ1v) is 6.94. The highest BCUT2D eigenvalue weighted by Crippen LogP contribution is 2.16. The quantitative estimate of drug-likeness (QED) is 0.371. The van der Waals surface area contributed by atoms with Crippen LogP contribution >= 0.6 is 0 Å². The van der Waals surface area contributed by atoms with Crippen molar-refractivity contribution in [2.24, 2.45) is 0 Å². The summed E-state index contributed by atoms with van der Waals surface area (Å²) in [6.45, 7) is 4.88. The normalized spacial score (nSPS) is 13.4. The molecular weight excluding hydrogens is 264 g/mol. The van der Waals surface area contributed by atoms with E-state index >= 15 is 0 Å². The van der Waals surface area contributed by atoms with Crippen LogP contribution in [-0.4, -0.2) is 41.6 Å². The topological polar surface area (TPSA) is 89.9 Å². The van der Waals surface area contributed by atoms with E-state index < -0.39 is 29.7 Å². The highest BCUT2D eigenvalue weighted by Gasteiger charge is 2.45. The van der Waals surface area contributed by atoms with Gasteiger partial charge in [-0.05, 0) is 20.3 Å². The van der Waals surface area contributed by atoms with Crippen LogP contribution < -0.4 is 0 Å². The van der Waals surface area contributed by atoms with Gasteiger partial charge in [-0.2, -0.15) is 0 Å². The van der Waals surface area contributed by atoms with Gasteiger partial charge >= 0.3 is 11.9 Å². The highest BCUT2D eigenvalue weighted by molar-refractivity contribution is 6.08. The Morgan fingerprint density at radius 1 is 1.05 bits per heavy atom. The van der Waals surface area contributed by atoms with Gasteiger partial charge in [0.15, 0.2) is 5.78 Å². The Morgan fingerprint density at radius 2 is 1.70 bits per heavy atom. The van der Waals surface area contributed by atoms with Gasteiger partial charge in [0.05, 0.1) is 19.6 Å². The SMILES string of the molecule is CCCCCCOC(=O)CC(O)(C(C)=O)C(=O)OCC. The maximum absolute atomic E-state index is 11.6. The van der Waals surface area contributed by atoms with E-state index in [2.05, 4.69) is 11.7 Å². The van der Waals surface area contributed by atoms with Gasteiger partial charge in [-0.1, -0.05) is 26.2 Å². The lowest BCUT2D eigenvalue weighted by atomic mass is 9.95. The average Bonchev–Trinajstić information content (AvgIpc) is 2.38. The van der Waals surface area contributed by atoms with E-state index in [0.717, 1.165) is 32.6 Å². The summed E-state index contributed by atoms with van der Waals surface area (Å²) < 4.78 is 9.51. The third-order valence-corrected chi connectivity index (χ3v) is 2.86. The van der Waals surface area contributed by atoms with Gasteiger partial charge in [-0.25, -0.2) is 4.79 Å². The number of ether oxygens (including phenoxy) is 2. The number of Topliss-reactive ketones (excluding diaryl/α,β-unsaturated/α-hetero) is 1. The van der Waals surface area contributed by atoms with Crippen LogP contribution in [0.5, 0.6) is 0 Å². The summed E-state index contributed by atoms with van der Waals surface area (Å²) in [5, 5.41) is 9.97. The molecule has 6 heteroatoms. The summed E-state index contributed by atoms with van der Waals surface area (Å²) in [4.78, 5) is 34.5. The molecule has 0 saturated carbocycles. The van der Waals surface area contributed by atoms with E-state index in [4.69, 9.17) is 4.74 Å². The van der Waals surface area contributed by atoms with Gasteiger partial charge in [0.2, 0.25) is 5.60 Å². The molecule has 0 saturated heterocycles. The fourth-order valence-electron chi connectivity index (χ4n) is 1.57. The predicted octanol–water partition coefficient (Wildman–Crippen LogP) is 1.38. The number of aliphatic hydroxyl groups is 1. The van der Waals surface area contributed by atoms with E-state index in [1.807, 2.05) is 0 Å². The molecule has 20 heavy (non-hydrogen) atoms. The molecule has 0 heterocycles. The monoisotopic (exact) mass is 288 g/mol. The first-order chi connectivity index (χ1) is 9.38. The number of ketones is 1. The summed E-state index contributed by atoms with van der Waals surface area (Å²) in [7, 11) is 0. The Kier molecular flexibility index (Phi) is 8.79. The van der Waals surface area contributed by atoms with Gasteiger partial charge in [0.1, 0.15) is 0 Å². The highest BCUT2D eigenvalue weighted by atomic mass is 16.6. The van der Waals surface area contributed by atoms with Crippen molar-refractivity contribution in [2.75, 3.05) is 13.2 Å². The molecule has 0 amide bonds. The van der Waals surface area contributed by atoms with Gasteiger partial charge in [-0.3, -0.25) is 9.59 Å². The number of hydrogen-bond donors (Lipinski definition) is 1. The minimum atomic E-state index is -2.45. The molecule has 0 radical (unpaired) electrons. The van der Waals surface area contributed by atoms with Crippen molar-refractivity contribution in [3.05, 3.63) is 0 Å². The lowest BCUT2D eigenvalue weighted by Gasteiger charge is -2.21. The third kappa shape index (κ3) is 6.14. The van der Waals surface area contributed by atoms with Crippen LogP contribution in [0.1, 0.15) is 52.9 Å². The molecule has 0 aromatic heterocycles. The van der Waals surface area contributed by atoms with Crippen molar-refractivity contribution in [3.63, 3.8) is 0 Å². The summed E-state index contributed by atoms with van der Waals surface area (Å²) in [6.07, 6.45) is 3.07. The van der Waals surface area contributed by atoms with Crippen LogP contribution in [0.3, 0.4) is 0 Å². The van der Waals surface area contributed by atoms with Crippen molar-refractivity contribution in [1.82, 2.24) is 0 Å². The van der Waals surface area contributed by atoms with Gasteiger partial charge in [-0.15, -0.1) is 0 Å². The molecule has 0 aromatic rings. The Balaban J connectivity index is 4.35. The zero-order valence-corrected chi connectivity index (χ0v) is 12.4. The second kappa shape index (κ2) is 9.47. The number of rotatable bonds is 10. The molecular formula is C14H24O6. The number of esters is 2. The van der Waals surface area contributed by atoms with Crippen LogP contribution in [0.25, 0.3) is 0 Å². The molecule has 1 atom stereocenters. The summed E-state index contributed by atoms with van der Waals surface area (Å²) >= 11 is 0. The predicted molar refractivity (Wildman–Crippen MR) is 72.0 cm³/mol. The van der Waals surface area contributed by atoms with Gasteiger partial charge in [0.25, 0.3) is 0 Å². The number of hydrogen-bond acceptors (Lipinski definition) is 6. The van der Waals surface area contributed by atoms with E-state index in [1.54, 1.807) is 6.92 Å². The Labute approximate surface area is 119 Å². The van der Waals surface area contributed by atoms with Crippen LogP contribution in [-0.2, 0) is 23.9 Å². The zero-order valence-electron chi connectivity index (χ0n) is 12.4. The van der Waals surface area contributed by atoms with Crippen molar-refractivity contribution in [3.8, 4) is 0 Å². The zero-order chi connectivity index (χ0) is 15.6. The van der Waals surface area contributed by atoms with Crippen LogP contribution in [0, 0.1) is 0 Å². The number of unbranched alkanes of at least 4 members (excludes halogenated alkanes) is 3. The Bertz CT molecular complexity index is 339. The first kappa shape index (κ1) is 18.6. The largest absolute Gasteiger partial charge is 0.466 e. The van der Waals surface area contributed by atoms with E-state index in [9.17, 15) is 19.5 Å².